The summed E-state index contributed by atoms with van der Waals surface area (Å²) in [5.41, 5.74) is 7.21. The summed E-state index contributed by atoms with van der Waals surface area (Å²) in [6, 6.07) is 16.4. The second-order valence-corrected chi connectivity index (χ2v) is 5.56. The Balaban J connectivity index is 1.65. The van der Waals surface area contributed by atoms with Crippen molar-refractivity contribution in [2.24, 2.45) is 5.73 Å². The third-order valence-corrected chi connectivity index (χ3v) is 3.61. The Hall–Kier alpha value is -3.61. The fraction of sp³-hybridized carbons (Fsp3) is 0.105. The highest BCUT2D eigenvalue weighted by Gasteiger charge is 2.13. The predicted molar refractivity (Wildman–Crippen MR) is 95.9 cm³/mol. The van der Waals surface area contributed by atoms with Crippen LogP contribution in [0, 0.1) is 0 Å². The van der Waals surface area contributed by atoms with Crippen molar-refractivity contribution >= 4 is 11.8 Å². The van der Waals surface area contributed by atoms with Crippen LogP contribution in [0.3, 0.4) is 0 Å². The van der Waals surface area contributed by atoms with Crippen LogP contribution in [0.15, 0.2) is 67.0 Å². The molecule has 0 aliphatic carbocycles. The largest absolute Gasteiger partial charge is 0.483 e. The molecular weight excluding hydrogens is 332 g/mol. The van der Waals surface area contributed by atoms with Gasteiger partial charge in [-0.25, -0.2) is 4.68 Å². The Labute approximate surface area is 150 Å². The first-order valence-corrected chi connectivity index (χ1v) is 8.01. The van der Waals surface area contributed by atoms with Crippen LogP contribution in [-0.4, -0.2) is 28.2 Å². The molecule has 0 unspecified atom stereocenters. The summed E-state index contributed by atoms with van der Waals surface area (Å²) in [7, 11) is 0. The molecule has 0 aliphatic heterocycles. The molecule has 3 aromatic rings. The molecular formula is C19H18N4O3. The van der Waals surface area contributed by atoms with Gasteiger partial charge in [0.25, 0.3) is 11.8 Å². The standard InChI is InChI=1S/C19H18N4O3/c20-18(24)13-26-17-9-5-4-8-16(17)19(25)21-10-14-11-22-23(12-14)15-6-2-1-3-7-15/h1-9,11-12H,10,13H2,(H2,20,24)(H,21,25). The number of carbonyl (C=O) groups excluding carboxylic acids is 2. The third kappa shape index (κ3) is 4.27. The lowest BCUT2D eigenvalue weighted by Gasteiger charge is -2.10. The Morgan fingerprint density at radius 1 is 1.08 bits per heavy atom. The lowest BCUT2D eigenvalue weighted by atomic mass is 10.2. The van der Waals surface area contributed by atoms with Crippen LogP contribution in [0.2, 0.25) is 0 Å². The fourth-order valence-electron chi connectivity index (χ4n) is 2.38. The number of nitrogens with one attached hydrogen (secondary N) is 1. The highest BCUT2D eigenvalue weighted by Crippen LogP contribution is 2.18. The number of ether oxygens (including phenoxy) is 1. The number of hydrogen-bond acceptors (Lipinski definition) is 4. The summed E-state index contributed by atoms with van der Waals surface area (Å²) >= 11 is 0. The summed E-state index contributed by atoms with van der Waals surface area (Å²) in [6.45, 7) is 0.0317. The molecule has 0 fully saturated rings. The van der Waals surface area contributed by atoms with E-state index in [4.69, 9.17) is 10.5 Å². The first-order valence-electron chi connectivity index (χ1n) is 8.01. The molecule has 0 atom stereocenters. The van der Waals surface area contributed by atoms with Gasteiger partial charge in [0.05, 0.1) is 17.4 Å². The zero-order chi connectivity index (χ0) is 18.4. The topological polar surface area (TPSA) is 99.2 Å². The molecule has 0 bridgehead atoms. The number of benzene rings is 2. The van der Waals surface area contributed by atoms with Crippen molar-refractivity contribution in [2.75, 3.05) is 6.61 Å². The number of carbonyl (C=O) groups is 2. The molecule has 7 heteroatoms. The SMILES string of the molecule is NC(=O)COc1ccccc1C(=O)NCc1cnn(-c2ccccc2)c1. The van der Waals surface area contributed by atoms with Crippen LogP contribution in [0.5, 0.6) is 5.75 Å². The van der Waals surface area contributed by atoms with Crippen LogP contribution >= 0.6 is 0 Å². The zero-order valence-electron chi connectivity index (χ0n) is 14.0. The molecule has 0 saturated carbocycles. The number of primary amides is 1. The molecule has 2 aromatic carbocycles. The van der Waals surface area contributed by atoms with E-state index in [0.29, 0.717) is 17.9 Å². The van der Waals surface area contributed by atoms with E-state index in [-0.39, 0.29) is 12.5 Å². The summed E-state index contributed by atoms with van der Waals surface area (Å²) in [6.07, 6.45) is 3.55. The van der Waals surface area contributed by atoms with Crippen molar-refractivity contribution in [1.82, 2.24) is 15.1 Å². The molecule has 3 rings (SSSR count). The number of rotatable bonds is 7. The van der Waals surface area contributed by atoms with Gasteiger partial charge in [0.15, 0.2) is 6.61 Å². The van der Waals surface area contributed by atoms with E-state index in [2.05, 4.69) is 10.4 Å². The highest BCUT2D eigenvalue weighted by molar-refractivity contribution is 5.97. The van der Waals surface area contributed by atoms with E-state index in [0.717, 1.165) is 11.3 Å². The number of amides is 2. The second-order valence-electron chi connectivity index (χ2n) is 5.56. The van der Waals surface area contributed by atoms with Gasteiger partial charge in [-0.1, -0.05) is 30.3 Å². The monoisotopic (exact) mass is 350 g/mol. The molecule has 132 valence electrons. The van der Waals surface area contributed by atoms with Gasteiger partial charge in [-0.15, -0.1) is 0 Å². The van der Waals surface area contributed by atoms with Gasteiger partial charge in [0.2, 0.25) is 0 Å². The third-order valence-electron chi connectivity index (χ3n) is 3.61. The van der Waals surface area contributed by atoms with Crippen molar-refractivity contribution in [3.05, 3.63) is 78.1 Å². The maximum atomic E-state index is 12.4. The Morgan fingerprint density at radius 3 is 2.58 bits per heavy atom. The molecule has 1 heterocycles. The minimum Gasteiger partial charge on any atom is -0.483 e. The lowest BCUT2D eigenvalue weighted by Crippen LogP contribution is -2.25. The summed E-state index contributed by atoms with van der Waals surface area (Å²) < 4.78 is 7.02. The lowest BCUT2D eigenvalue weighted by molar-refractivity contribution is -0.119. The molecule has 3 N–H and O–H groups in total. The quantitative estimate of drug-likeness (QED) is 0.677. The van der Waals surface area contributed by atoms with Crippen molar-refractivity contribution in [1.29, 1.82) is 0 Å². The average molecular weight is 350 g/mol. The average Bonchev–Trinajstić information content (AvgIpc) is 3.14. The number of nitrogens with two attached hydrogens (primary N) is 1. The molecule has 1 aromatic heterocycles. The van der Waals surface area contributed by atoms with E-state index >= 15 is 0 Å². The smallest absolute Gasteiger partial charge is 0.255 e. The molecule has 0 spiro atoms. The van der Waals surface area contributed by atoms with Crippen LogP contribution in [0.4, 0.5) is 0 Å². The maximum Gasteiger partial charge on any atom is 0.255 e. The Bertz CT molecular complexity index is 906. The van der Waals surface area contributed by atoms with E-state index in [9.17, 15) is 9.59 Å². The normalized spacial score (nSPS) is 10.3. The molecule has 0 aliphatic rings. The fourth-order valence-corrected chi connectivity index (χ4v) is 2.38. The van der Waals surface area contributed by atoms with Crippen LogP contribution in [0.1, 0.15) is 15.9 Å². The van der Waals surface area contributed by atoms with E-state index in [1.165, 1.54) is 0 Å². The number of nitrogens with zero attached hydrogens (tertiary/aromatic N) is 2. The van der Waals surface area contributed by atoms with Gasteiger partial charge in [0, 0.05) is 18.3 Å². The number of aromatic nitrogens is 2. The Morgan fingerprint density at radius 2 is 1.81 bits per heavy atom. The zero-order valence-corrected chi connectivity index (χ0v) is 14.0. The van der Waals surface area contributed by atoms with Gasteiger partial charge in [-0.2, -0.15) is 5.10 Å². The summed E-state index contributed by atoms with van der Waals surface area (Å²) in [5.74, 6) is -0.602. The molecule has 7 nitrogen and oxygen atoms in total. The Kier molecular flexibility index (Phi) is 5.28. The van der Waals surface area contributed by atoms with Crippen molar-refractivity contribution in [3.8, 4) is 11.4 Å². The van der Waals surface area contributed by atoms with E-state index in [1.54, 1.807) is 35.1 Å². The van der Waals surface area contributed by atoms with Gasteiger partial charge >= 0.3 is 0 Å². The van der Waals surface area contributed by atoms with Gasteiger partial charge in [-0.3, -0.25) is 9.59 Å². The van der Waals surface area contributed by atoms with Gasteiger partial charge < -0.3 is 15.8 Å². The molecule has 0 saturated heterocycles. The van der Waals surface area contributed by atoms with Crippen molar-refractivity contribution in [3.63, 3.8) is 0 Å². The molecule has 0 radical (unpaired) electrons. The van der Waals surface area contributed by atoms with Crippen LogP contribution in [0.25, 0.3) is 5.69 Å². The second kappa shape index (κ2) is 7.98. The first kappa shape index (κ1) is 17.2. The first-order chi connectivity index (χ1) is 12.6. The number of hydrogen-bond donors (Lipinski definition) is 2. The minimum absolute atomic E-state index is 0.284. The predicted octanol–water partition coefficient (Wildman–Crippen LogP) is 1.67. The van der Waals surface area contributed by atoms with E-state index in [1.807, 2.05) is 36.5 Å². The van der Waals surface area contributed by atoms with Crippen LogP contribution in [-0.2, 0) is 11.3 Å². The maximum absolute atomic E-state index is 12.4. The summed E-state index contributed by atoms with van der Waals surface area (Å²) in [4.78, 5) is 23.3. The van der Waals surface area contributed by atoms with Gasteiger partial charge in [0.1, 0.15) is 5.75 Å². The van der Waals surface area contributed by atoms with Crippen molar-refractivity contribution < 1.29 is 14.3 Å². The number of para-hydroxylation sites is 2. The van der Waals surface area contributed by atoms with Crippen LogP contribution < -0.4 is 15.8 Å². The van der Waals surface area contributed by atoms with E-state index < -0.39 is 5.91 Å². The summed E-state index contributed by atoms with van der Waals surface area (Å²) in [5, 5.41) is 7.11. The minimum atomic E-state index is -0.603. The van der Waals surface area contributed by atoms with Gasteiger partial charge in [-0.05, 0) is 24.3 Å². The molecule has 2 amide bonds. The highest BCUT2D eigenvalue weighted by atomic mass is 16.5. The molecule has 26 heavy (non-hydrogen) atoms. The van der Waals surface area contributed by atoms with Crippen molar-refractivity contribution in [2.45, 2.75) is 6.54 Å².